The van der Waals surface area contributed by atoms with E-state index in [-0.39, 0.29) is 30.6 Å². The zero-order chi connectivity index (χ0) is 25.2. The van der Waals surface area contributed by atoms with E-state index in [9.17, 15) is 19.7 Å². The second-order valence-corrected chi connectivity index (χ2v) is 8.04. The molecule has 0 aliphatic heterocycles. The van der Waals surface area contributed by atoms with Gasteiger partial charge in [0, 0.05) is 50.2 Å². The number of nitro benzene ring substituents is 1. The fourth-order valence-electron chi connectivity index (χ4n) is 3.52. The molecule has 0 spiro atoms. The van der Waals surface area contributed by atoms with Crippen molar-refractivity contribution in [3.05, 3.63) is 119 Å². The summed E-state index contributed by atoms with van der Waals surface area (Å²) >= 11 is 0. The van der Waals surface area contributed by atoms with Crippen LogP contribution in [-0.4, -0.2) is 44.2 Å². The van der Waals surface area contributed by atoms with E-state index in [0.717, 1.165) is 11.3 Å². The fraction of sp³-hybridized carbons (Fsp3) is 0.185. The van der Waals surface area contributed by atoms with Gasteiger partial charge in [0.2, 0.25) is 11.8 Å². The number of rotatable bonds is 11. The first-order valence-electron chi connectivity index (χ1n) is 11.1. The van der Waals surface area contributed by atoms with Gasteiger partial charge in [-0.15, -0.1) is 6.58 Å². The first-order chi connectivity index (χ1) is 16.9. The Morgan fingerprint density at radius 2 is 1.71 bits per heavy atom. The Balaban J connectivity index is 1.73. The molecule has 35 heavy (non-hydrogen) atoms. The molecule has 0 saturated carbocycles. The smallest absolute Gasteiger partial charge is 0.269 e. The molecule has 0 aliphatic carbocycles. The molecule has 1 aromatic heterocycles. The summed E-state index contributed by atoms with van der Waals surface area (Å²) in [5, 5.41) is 10.8. The van der Waals surface area contributed by atoms with E-state index in [1.165, 1.54) is 23.1 Å². The second-order valence-electron chi connectivity index (χ2n) is 8.04. The molecule has 0 N–H and O–H groups in total. The molecule has 0 fully saturated rings. The maximum Gasteiger partial charge on any atom is 0.269 e. The normalized spacial score (nSPS) is 10.8. The Kier molecular flexibility index (Phi) is 8.72. The van der Waals surface area contributed by atoms with E-state index >= 15 is 0 Å². The minimum Gasteiger partial charge on any atom is -0.353 e. The second kappa shape index (κ2) is 12.1. The van der Waals surface area contributed by atoms with Crippen molar-refractivity contribution in [2.45, 2.75) is 13.1 Å². The summed E-state index contributed by atoms with van der Waals surface area (Å²) in [5.41, 5.74) is 2.59. The molecule has 0 radical (unpaired) electrons. The third kappa shape index (κ3) is 7.26. The highest BCUT2D eigenvalue weighted by Gasteiger charge is 2.21. The van der Waals surface area contributed by atoms with Crippen LogP contribution in [0.25, 0.3) is 6.08 Å². The monoisotopic (exact) mass is 472 g/mol. The number of aryl methyl sites for hydroxylation is 1. The highest BCUT2D eigenvalue weighted by molar-refractivity contribution is 5.94. The van der Waals surface area contributed by atoms with Gasteiger partial charge < -0.3 is 14.4 Å². The minimum absolute atomic E-state index is 0.0240. The Bertz CT molecular complexity index is 1200. The molecule has 0 saturated heterocycles. The topological polar surface area (TPSA) is 88.7 Å². The number of carbonyl (C=O) groups is 2. The average molecular weight is 473 g/mol. The number of hydrogen-bond donors (Lipinski definition) is 0. The predicted molar refractivity (Wildman–Crippen MR) is 135 cm³/mol. The summed E-state index contributed by atoms with van der Waals surface area (Å²) in [6.45, 7) is 4.64. The van der Waals surface area contributed by atoms with Crippen LogP contribution in [0.15, 0.2) is 91.7 Å². The van der Waals surface area contributed by atoms with E-state index in [1.807, 2.05) is 60.3 Å². The van der Waals surface area contributed by atoms with Crippen molar-refractivity contribution in [1.82, 2.24) is 14.4 Å². The van der Waals surface area contributed by atoms with Gasteiger partial charge in [-0.05, 0) is 41.5 Å². The van der Waals surface area contributed by atoms with Crippen LogP contribution in [0.5, 0.6) is 0 Å². The summed E-state index contributed by atoms with van der Waals surface area (Å²) in [6, 6.07) is 19.5. The Labute approximate surface area is 204 Å². The SMILES string of the molecule is C=CCN(CC(=O)N(Cc1ccccc1)Cc1cccn1C)C(=O)/C=C/c1ccc([N+](=O)[O-])cc1. The summed E-state index contributed by atoms with van der Waals surface area (Å²) in [7, 11) is 1.93. The maximum absolute atomic E-state index is 13.4. The lowest BCUT2D eigenvalue weighted by Gasteiger charge is -2.27. The van der Waals surface area contributed by atoms with Crippen LogP contribution in [0.4, 0.5) is 5.69 Å². The van der Waals surface area contributed by atoms with Gasteiger partial charge in [-0.1, -0.05) is 36.4 Å². The summed E-state index contributed by atoms with van der Waals surface area (Å²) in [5.74, 6) is -0.538. The van der Waals surface area contributed by atoms with Gasteiger partial charge in [-0.25, -0.2) is 0 Å². The van der Waals surface area contributed by atoms with Crippen LogP contribution in [0.3, 0.4) is 0 Å². The Morgan fingerprint density at radius 1 is 1.00 bits per heavy atom. The summed E-state index contributed by atoms with van der Waals surface area (Å²) in [6.07, 6.45) is 6.43. The molecule has 8 heteroatoms. The number of benzene rings is 2. The van der Waals surface area contributed by atoms with Gasteiger partial charge in [0.25, 0.3) is 5.69 Å². The number of amides is 2. The third-order valence-corrected chi connectivity index (χ3v) is 5.48. The number of hydrogen-bond acceptors (Lipinski definition) is 4. The van der Waals surface area contributed by atoms with Crippen molar-refractivity contribution in [3.8, 4) is 0 Å². The zero-order valence-electron chi connectivity index (χ0n) is 19.6. The Morgan fingerprint density at radius 3 is 2.31 bits per heavy atom. The van der Waals surface area contributed by atoms with E-state index < -0.39 is 4.92 Å². The summed E-state index contributed by atoms with van der Waals surface area (Å²) in [4.78, 5) is 39.7. The predicted octanol–water partition coefficient (Wildman–Crippen LogP) is 4.19. The molecule has 2 aromatic carbocycles. The van der Waals surface area contributed by atoms with Crippen molar-refractivity contribution in [2.75, 3.05) is 13.1 Å². The lowest BCUT2D eigenvalue weighted by molar-refractivity contribution is -0.384. The molecule has 3 aromatic rings. The Hall–Kier alpha value is -4.46. The van der Waals surface area contributed by atoms with Gasteiger partial charge in [-0.2, -0.15) is 0 Å². The molecule has 0 bridgehead atoms. The third-order valence-electron chi connectivity index (χ3n) is 5.48. The maximum atomic E-state index is 13.4. The van der Waals surface area contributed by atoms with Gasteiger partial charge >= 0.3 is 0 Å². The van der Waals surface area contributed by atoms with E-state index in [4.69, 9.17) is 0 Å². The molecule has 2 amide bonds. The number of non-ortho nitro benzene ring substituents is 1. The largest absolute Gasteiger partial charge is 0.353 e. The molecule has 0 unspecified atom stereocenters. The van der Waals surface area contributed by atoms with Crippen LogP contribution < -0.4 is 0 Å². The lowest BCUT2D eigenvalue weighted by atomic mass is 10.2. The highest BCUT2D eigenvalue weighted by atomic mass is 16.6. The molecule has 0 atom stereocenters. The van der Waals surface area contributed by atoms with Crippen molar-refractivity contribution >= 4 is 23.6 Å². The van der Waals surface area contributed by atoms with Crippen molar-refractivity contribution in [1.29, 1.82) is 0 Å². The molecule has 0 aliphatic rings. The molecule has 180 valence electrons. The lowest BCUT2D eigenvalue weighted by Crippen LogP contribution is -2.42. The van der Waals surface area contributed by atoms with Crippen molar-refractivity contribution < 1.29 is 14.5 Å². The first-order valence-corrected chi connectivity index (χ1v) is 11.1. The number of aromatic nitrogens is 1. The highest BCUT2D eigenvalue weighted by Crippen LogP contribution is 2.14. The average Bonchev–Trinajstić information content (AvgIpc) is 3.26. The van der Waals surface area contributed by atoms with Gasteiger partial charge in [0.15, 0.2) is 0 Å². The van der Waals surface area contributed by atoms with E-state index in [0.29, 0.717) is 18.7 Å². The summed E-state index contributed by atoms with van der Waals surface area (Å²) < 4.78 is 1.96. The molecule has 8 nitrogen and oxygen atoms in total. The van der Waals surface area contributed by atoms with Crippen LogP contribution in [-0.2, 0) is 29.7 Å². The number of nitrogens with zero attached hydrogens (tertiary/aromatic N) is 4. The minimum atomic E-state index is -0.479. The molecular formula is C27H28N4O4. The van der Waals surface area contributed by atoms with E-state index in [2.05, 4.69) is 6.58 Å². The first kappa shape index (κ1) is 25.2. The number of carbonyl (C=O) groups excluding carboxylic acids is 2. The van der Waals surface area contributed by atoms with E-state index in [1.54, 1.807) is 29.2 Å². The molecule has 3 rings (SSSR count). The quantitative estimate of drug-likeness (QED) is 0.181. The van der Waals surface area contributed by atoms with Gasteiger partial charge in [0.05, 0.1) is 11.5 Å². The zero-order valence-corrected chi connectivity index (χ0v) is 19.6. The van der Waals surface area contributed by atoms with Crippen LogP contribution >= 0.6 is 0 Å². The van der Waals surface area contributed by atoms with Crippen LogP contribution in [0.2, 0.25) is 0 Å². The molecular weight excluding hydrogens is 444 g/mol. The van der Waals surface area contributed by atoms with Gasteiger partial charge in [0.1, 0.15) is 6.54 Å². The van der Waals surface area contributed by atoms with Crippen LogP contribution in [0, 0.1) is 10.1 Å². The van der Waals surface area contributed by atoms with Crippen molar-refractivity contribution in [2.24, 2.45) is 7.05 Å². The molecule has 1 heterocycles. The van der Waals surface area contributed by atoms with Gasteiger partial charge in [-0.3, -0.25) is 19.7 Å². The van der Waals surface area contributed by atoms with Crippen LogP contribution in [0.1, 0.15) is 16.8 Å². The fourth-order valence-corrected chi connectivity index (χ4v) is 3.52. The van der Waals surface area contributed by atoms with Crippen molar-refractivity contribution in [3.63, 3.8) is 0 Å². The standard InChI is InChI=1S/C27H28N4O4/c1-3-17-29(26(32)16-13-22-11-14-24(15-12-22)31(34)35)21-27(33)30(19-23-8-5-4-6-9-23)20-25-10-7-18-28(25)2/h3-16,18H,1,17,19-21H2,2H3/b16-13+. The number of nitro groups is 1.